The zero-order valence-corrected chi connectivity index (χ0v) is 12.7. The minimum absolute atomic E-state index is 0.231. The molecule has 0 aliphatic carbocycles. The van der Waals surface area contributed by atoms with Crippen molar-refractivity contribution in [3.8, 4) is 0 Å². The van der Waals surface area contributed by atoms with Crippen LogP contribution in [0.5, 0.6) is 0 Å². The van der Waals surface area contributed by atoms with Crippen molar-refractivity contribution in [3.05, 3.63) is 35.9 Å². The predicted octanol–water partition coefficient (Wildman–Crippen LogP) is 2.01. The van der Waals surface area contributed by atoms with Crippen LogP contribution in [-0.2, 0) is 14.3 Å². The summed E-state index contributed by atoms with van der Waals surface area (Å²) in [5, 5.41) is 2.26. The van der Waals surface area contributed by atoms with Gasteiger partial charge in [-0.3, -0.25) is 19.8 Å². The number of carbonyl (C=O) groups is 3. The van der Waals surface area contributed by atoms with Crippen molar-refractivity contribution >= 4 is 17.9 Å². The van der Waals surface area contributed by atoms with Gasteiger partial charge in [-0.15, -0.1) is 0 Å². The molecule has 2 atom stereocenters. The Hall–Kier alpha value is -2.37. The van der Waals surface area contributed by atoms with E-state index in [4.69, 9.17) is 4.74 Å². The molecule has 1 fully saturated rings. The van der Waals surface area contributed by atoms with Gasteiger partial charge in [0.05, 0.1) is 0 Å². The van der Waals surface area contributed by atoms with Gasteiger partial charge in [-0.25, -0.2) is 4.79 Å². The molecule has 3 amide bonds. The van der Waals surface area contributed by atoms with E-state index in [1.807, 2.05) is 30.3 Å². The van der Waals surface area contributed by atoms with Gasteiger partial charge in [0, 0.05) is 13.0 Å². The second-order valence-electron chi connectivity index (χ2n) is 5.19. The Morgan fingerprint density at radius 3 is 2.64 bits per heavy atom. The third-order valence-corrected chi connectivity index (χ3v) is 3.71. The number of ether oxygens (including phenoxy) is 1. The molecule has 0 saturated carbocycles. The molecule has 2 unspecified atom stereocenters. The quantitative estimate of drug-likeness (QED) is 0.863. The number of imide groups is 1. The first-order valence-corrected chi connectivity index (χ1v) is 7.38. The number of likely N-dealkylation sites (N-methyl/N-ethyl adjacent to an activating group) is 1. The maximum atomic E-state index is 12.3. The molecule has 1 aliphatic rings. The molecular formula is C16H20N2O4. The Morgan fingerprint density at radius 1 is 1.36 bits per heavy atom. The summed E-state index contributed by atoms with van der Waals surface area (Å²) in [5.41, 5.74) is 0.884. The Balaban J connectivity index is 2.03. The van der Waals surface area contributed by atoms with Crippen molar-refractivity contribution in [2.24, 2.45) is 0 Å². The van der Waals surface area contributed by atoms with Crippen molar-refractivity contribution in [2.75, 3.05) is 6.54 Å². The lowest BCUT2D eigenvalue weighted by Gasteiger charge is -2.32. The van der Waals surface area contributed by atoms with Crippen LogP contribution in [0.25, 0.3) is 0 Å². The summed E-state index contributed by atoms with van der Waals surface area (Å²) >= 11 is 0. The van der Waals surface area contributed by atoms with Crippen LogP contribution in [0.3, 0.4) is 0 Å². The molecule has 0 radical (unpaired) electrons. The monoisotopic (exact) mass is 304 g/mol. The van der Waals surface area contributed by atoms with Crippen LogP contribution in [0, 0.1) is 0 Å². The molecule has 22 heavy (non-hydrogen) atoms. The van der Waals surface area contributed by atoms with Crippen LogP contribution in [0.1, 0.15) is 38.4 Å². The molecule has 1 aliphatic heterocycles. The third kappa shape index (κ3) is 3.63. The van der Waals surface area contributed by atoms with Gasteiger partial charge >= 0.3 is 6.09 Å². The number of benzene rings is 1. The molecule has 1 heterocycles. The maximum Gasteiger partial charge on any atom is 0.411 e. The minimum Gasteiger partial charge on any atom is -0.441 e. The van der Waals surface area contributed by atoms with Crippen LogP contribution < -0.4 is 5.32 Å². The van der Waals surface area contributed by atoms with E-state index in [0.717, 1.165) is 5.56 Å². The Morgan fingerprint density at radius 2 is 2.05 bits per heavy atom. The van der Waals surface area contributed by atoms with E-state index in [1.165, 1.54) is 4.90 Å². The summed E-state index contributed by atoms with van der Waals surface area (Å²) in [6.45, 7) is 3.90. The number of piperidine rings is 1. The Labute approximate surface area is 129 Å². The van der Waals surface area contributed by atoms with Gasteiger partial charge in [-0.2, -0.15) is 0 Å². The Bertz CT molecular complexity index is 559. The van der Waals surface area contributed by atoms with Gasteiger partial charge in [0.1, 0.15) is 12.1 Å². The summed E-state index contributed by atoms with van der Waals surface area (Å²) in [5.74, 6) is -0.745. The number of rotatable bonds is 4. The third-order valence-electron chi connectivity index (χ3n) is 3.71. The van der Waals surface area contributed by atoms with E-state index in [-0.39, 0.29) is 12.3 Å². The summed E-state index contributed by atoms with van der Waals surface area (Å²) in [4.78, 5) is 36.8. The normalized spacial score (nSPS) is 19.3. The van der Waals surface area contributed by atoms with E-state index < -0.39 is 24.1 Å². The van der Waals surface area contributed by atoms with E-state index in [9.17, 15) is 14.4 Å². The zero-order valence-electron chi connectivity index (χ0n) is 12.7. The van der Waals surface area contributed by atoms with Crippen molar-refractivity contribution in [2.45, 2.75) is 38.8 Å². The molecule has 118 valence electrons. The maximum absolute atomic E-state index is 12.3. The van der Waals surface area contributed by atoms with Gasteiger partial charge in [0.15, 0.2) is 0 Å². The fourth-order valence-corrected chi connectivity index (χ4v) is 2.47. The lowest BCUT2D eigenvalue weighted by Crippen LogP contribution is -2.54. The molecule has 1 aromatic carbocycles. The first kappa shape index (κ1) is 16.0. The van der Waals surface area contributed by atoms with Crippen molar-refractivity contribution in [3.63, 3.8) is 0 Å². The standard InChI is InChI=1S/C16H20N2O4/c1-3-18(13-9-10-14(19)17-15(13)20)16(21)22-11(2)12-7-5-4-6-8-12/h4-8,11,13H,3,9-10H2,1-2H3,(H,17,19,20). The van der Waals surface area contributed by atoms with Gasteiger partial charge in [-0.05, 0) is 25.8 Å². The van der Waals surface area contributed by atoms with Crippen LogP contribution in [0.4, 0.5) is 4.79 Å². The molecule has 0 bridgehead atoms. The van der Waals surface area contributed by atoms with E-state index in [2.05, 4.69) is 5.32 Å². The second-order valence-corrected chi connectivity index (χ2v) is 5.19. The molecule has 6 nitrogen and oxygen atoms in total. The van der Waals surface area contributed by atoms with Crippen LogP contribution in [-0.4, -0.2) is 35.4 Å². The average Bonchev–Trinajstić information content (AvgIpc) is 2.51. The van der Waals surface area contributed by atoms with Gasteiger partial charge in [0.25, 0.3) is 0 Å². The summed E-state index contributed by atoms with van der Waals surface area (Å²) in [6.07, 6.45) is -0.397. The van der Waals surface area contributed by atoms with E-state index in [1.54, 1.807) is 13.8 Å². The summed E-state index contributed by atoms with van der Waals surface area (Å²) in [7, 11) is 0. The largest absolute Gasteiger partial charge is 0.441 e. The number of hydrogen-bond donors (Lipinski definition) is 1. The Kier molecular flexibility index (Phi) is 5.14. The second kappa shape index (κ2) is 7.06. The highest BCUT2D eigenvalue weighted by Gasteiger charge is 2.34. The van der Waals surface area contributed by atoms with Crippen LogP contribution in [0.2, 0.25) is 0 Å². The highest BCUT2D eigenvalue weighted by molar-refractivity contribution is 6.01. The number of hydrogen-bond acceptors (Lipinski definition) is 4. The summed E-state index contributed by atoms with van der Waals surface area (Å²) < 4.78 is 5.44. The van der Waals surface area contributed by atoms with Crippen molar-refractivity contribution in [1.82, 2.24) is 10.2 Å². The van der Waals surface area contributed by atoms with Gasteiger partial charge in [-0.1, -0.05) is 30.3 Å². The molecule has 0 aromatic heterocycles. The number of nitrogens with zero attached hydrogens (tertiary/aromatic N) is 1. The first-order chi connectivity index (χ1) is 10.5. The highest BCUT2D eigenvalue weighted by atomic mass is 16.6. The molecule has 6 heteroatoms. The molecular weight excluding hydrogens is 284 g/mol. The van der Waals surface area contributed by atoms with Crippen LogP contribution >= 0.6 is 0 Å². The lowest BCUT2D eigenvalue weighted by atomic mass is 10.0. The molecule has 1 N–H and O–H groups in total. The van der Waals surface area contributed by atoms with Crippen LogP contribution in [0.15, 0.2) is 30.3 Å². The molecule has 0 spiro atoms. The fourth-order valence-electron chi connectivity index (χ4n) is 2.47. The van der Waals surface area contributed by atoms with E-state index >= 15 is 0 Å². The average molecular weight is 304 g/mol. The van der Waals surface area contributed by atoms with E-state index in [0.29, 0.717) is 13.0 Å². The minimum atomic E-state index is -0.654. The number of amides is 3. The SMILES string of the molecule is CCN(C(=O)OC(C)c1ccccc1)C1CCC(=O)NC1=O. The first-order valence-electron chi connectivity index (χ1n) is 7.38. The zero-order chi connectivity index (χ0) is 16.1. The molecule has 1 aromatic rings. The van der Waals surface area contributed by atoms with Crippen molar-refractivity contribution < 1.29 is 19.1 Å². The fraction of sp³-hybridized carbons (Fsp3) is 0.438. The smallest absolute Gasteiger partial charge is 0.411 e. The number of carbonyl (C=O) groups excluding carboxylic acids is 3. The topological polar surface area (TPSA) is 75.7 Å². The lowest BCUT2D eigenvalue weighted by molar-refractivity contribution is -0.137. The number of nitrogens with one attached hydrogen (secondary N) is 1. The highest BCUT2D eigenvalue weighted by Crippen LogP contribution is 2.20. The molecule has 1 saturated heterocycles. The van der Waals surface area contributed by atoms with Crippen molar-refractivity contribution in [1.29, 1.82) is 0 Å². The summed E-state index contributed by atoms with van der Waals surface area (Å²) in [6, 6.07) is 8.73. The molecule has 2 rings (SSSR count). The van der Waals surface area contributed by atoms with Gasteiger partial charge in [0.2, 0.25) is 11.8 Å². The predicted molar refractivity (Wildman–Crippen MR) is 79.9 cm³/mol. The van der Waals surface area contributed by atoms with Gasteiger partial charge < -0.3 is 4.74 Å².